The van der Waals surface area contributed by atoms with Gasteiger partial charge in [0.2, 0.25) is 0 Å². The van der Waals surface area contributed by atoms with Crippen LogP contribution in [0.15, 0.2) is 18.2 Å². The quantitative estimate of drug-likeness (QED) is 0.584. The molecule has 74 valence electrons. The van der Waals surface area contributed by atoms with E-state index in [1.807, 2.05) is 20.0 Å². The summed E-state index contributed by atoms with van der Waals surface area (Å²) in [5, 5.41) is 0. The first-order chi connectivity index (χ1) is 6.70. The lowest BCUT2D eigenvalue weighted by Crippen LogP contribution is -2.13. The zero-order chi connectivity index (χ0) is 10.1. The third-order valence-electron chi connectivity index (χ3n) is 2.24. The van der Waals surface area contributed by atoms with Gasteiger partial charge in [-0.1, -0.05) is 0 Å². The fourth-order valence-electron chi connectivity index (χ4n) is 1.44. The molecule has 1 heterocycles. The van der Waals surface area contributed by atoms with Crippen LogP contribution in [0.4, 0.5) is 5.69 Å². The molecule has 1 aromatic heterocycles. The molecule has 0 fully saturated rings. The van der Waals surface area contributed by atoms with Gasteiger partial charge in [-0.2, -0.15) is 12.6 Å². The normalized spacial score (nSPS) is 10.8. The maximum atomic E-state index is 4.35. The molecule has 2 rings (SSSR count). The smallest absolute Gasteiger partial charge is 0.104 e. The first kappa shape index (κ1) is 9.40. The van der Waals surface area contributed by atoms with Gasteiger partial charge in [-0.25, -0.2) is 4.98 Å². The first-order valence-corrected chi connectivity index (χ1v) is 5.12. The Hall–Kier alpha value is -1.16. The summed E-state index contributed by atoms with van der Waals surface area (Å²) in [6, 6.07) is 6.17. The van der Waals surface area contributed by atoms with Gasteiger partial charge < -0.3 is 9.88 Å². The van der Waals surface area contributed by atoms with E-state index in [-0.39, 0.29) is 0 Å². The maximum absolute atomic E-state index is 4.35. The second kappa shape index (κ2) is 3.53. The number of hydrogen-bond acceptors (Lipinski definition) is 3. The van der Waals surface area contributed by atoms with E-state index in [0.29, 0.717) is 5.88 Å². The van der Waals surface area contributed by atoms with Gasteiger partial charge in [-0.05, 0) is 25.1 Å². The molecule has 0 atom stereocenters. The van der Waals surface area contributed by atoms with Crippen molar-refractivity contribution in [3.63, 3.8) is 0 Å². The summed E-state index contributed by atoms with van der Waals surface area (Å²) in [6.45, 7) is 1.96. The van der Waals surface area contributed by atoms with Crippen LogP contribution in [0.3, 0.4) is 0 Å². The summed E-state index contributed by atoms with van der Waals surface area (Å²) in [6.07, 6.45) is 0. The summed E-state index contributed by atoms with van der Waals surface area (Å²) in [5.41, 5.74) is 3.24. The highest BCUT2D eigenvalue weighted by molar-refractivity contribution is 7.80. The van der Waals surface area contributed by atoms with Crippen molar-refractivity contribution in [2.75, 3.05) is 17.8 Å². The lowest BCUT2D eigenvalue weighted by atomic mass is 10.2. The molecule has 3 nitrogen and oxygen atoms in total. The van der Waals surface area contributed by atoms with E-state index < -0.39 is 0 Å². The maximum Gasteiger partial charge on any atom is 0.104 e. The fraction of sp³-hybridized carbons (Fsp3) is 0.300. The van der Waals surface area contributed by atoms with Crippen LogP contribution in [0.2, 0.25) is 0 Å². The number of fused-ring (bicyclic) bond motifs is 1. The van der Waals surface area contributed by atoms with Crippen LogP contribution in [0.5, 0.6) is 0 Å². The number of aromatic amines is 1. The summed E-state index contributed by atoms with van der Waals surface area (Å²) in [7, 11) is 2.01. The van der Waals surface area contributed by atoms with E-state index in [9.17, 15) is 0 Å². The Kier molecular flexibility index (Phi) is 2.37. The molecule has 0 aliphatic heterocycles. The standard InChI is InChI=1S/C10H13N3S/c1-7-11-9-4-3-8(13(2)6-14)5-10(9)12-7/h3-5,14H,6H2,1-2H3,(H,11,12). The van der Waals surface area contributed by atoms with E-state index in [1.54, 1.807) is 0 Å². The second-order valence-corrected chi connectivity index (χ2v) is 3.65. The predicted octanol–water partition coefficient (Wildman–Crippen LogP) is 2.19. The highest BCUT2D eigenvalue weighted by Crippen LogP contribution is 2.19. The summed E-state index contributed by atoms with van der Waals surface area (Å²) >= 11 is 4.23. The van der Waals surface area contributed by atoms with Crippen LogP contribution < -0.4 is 4.90 Å². The molecule has 0 amide bonds. The van der Waals surface area contributed by atoms with Crippen LogP contribution >= 0.6 is 12.6 Å². The van der Waals surface area contributed by atoms with Gasteiger partial charge in [-0.15, -0.1) is 0 Å². The second-order valence-electron chi connectivity index (χ2n) is 3.36. The van der Waals surface area contributed by atoms with Crippen molar-refractivity contribution in [3.05, 3.63) is 24.0 Å². The molecule has 4 heteroatoms. The predicted molar refractivity (Wildman–Crippen MR) is 63.1 cm³/mol. The van der Waals surface area contributed by atoms with Crippen molar-refractivity contribution in [3.8, 4) is 0 Å². The van der Waals surface area contributed by atoms with E-state index >= 15 is 0 Å². The average molecular weight is 207 g/mol. The first-order valence-electron chi connectivity index (χ1n) is 4.49. The molecule has 0 aliphatic carbocycles. The van der Waals surface area contributed by atoms with Gasteiger partial charge in [0.05, 0.1) is 16.9 Å². The highest BCUT2D eigenvalue weighted by Gasteiger charge is 2.02. The molecule has 2 aromatic rings. The molecular weight excluding hydrogens is 194 g/mol. The number of imidazole rings is 1. The Balaban J connectivity index is 2.50. The minimum absolute atomic E-state index is 0.707. The van der Waals surface area contributed by atoms with Crippen LogP contribution in [-0.2, 0) is 0 Å². The molecule has 0 bridgehead atoms. The number of H-pyrrole nitrogens is 1. The molecule has 0 aliphatic rings. The molecule has 0 saturated carbocycles. The summed E-state index contributed by atoms with van der Waals surface area (Å²) < 4.78 is 0. The topological polar surface area (TPSA) is 31.9 Å². The monoisotopic (exact) mass is 207 g/mol. The molecular formula is C10H13N3S. The number of rotatable bonds is 2. The lowest BCUT2D eigenvalue weighted by Gasteiger charge is -2.15. The number of aromatic nitrogens is 2. The minimum Gasteiger partial charge on any atom is -0.366 e. The Bertz CT molecular complexity index is 450. The molecule has 0 radical (unpaired) electrons. The number of thiol groups is 1. The largest absolute Gasteiger partial charge is 0.366 e. The molecule has 1 N–H and O–H groups in total. The zero-order valence-electron chi connectivity index (χ0n) is 8.28. The average Bonchev–Trinajstić information content (AvgIpc) is 2.55. The van der Waals surface area contributed by atoms with Crippen molar-refractivity contribution in [2.45, 2.75) is 6.92 Å². The summed E-state index contributed by atoms with van der Waals surface area (Å²) in [4.78, 5) is 9.63. The molecule has 0 spiro atoms. The van der Waals surface area contributed by atoms with Crippen LogP contribution in [-0.4, -0.2) is 22.9 Å². The van der Waals surface area contributed by atoms with E-state index in [4.69, 9.17) is 0 Å². The molecule has 1 aromatic carbocycles. The summed E-state index contributed by atoms with van der Waals surface area (Å²) in [5.74, 6) is 1.66. The SMILES string of the molecule is Cc1nc2ccc(N(C)CS)cc2[nH]1. The molecule has 0 saturated heterocycles. The fourth-order valence-corrected chi connectivity index (χ4v) is 1.61. The third-order valence-corrected chi connectivity index (χ3v) is 2.66. The van der Waals surface area contributed by atoms with Crippen molar-refractivity contribution >= 4 is 29.3 Å². The minimum atomic E-state index is 0.707. The Morgan fingerprint density at radius 3 is 3.00 bits per heavy atom. The van der Waals surface area contributed by atoms with Crippen LogP contribution in [0, 0.1) is 6.92 Å². The number of hydrogen-bond donors (Lipinski definition) is 2. The van der Waals surface area contributed by atoms with Crippen molar-refractivity contribution < 1.29 is 0 Å². The number of anilines is 1. The Morgan fingerprint density at radius 2 is 2.29 bits per heavy atom. The number of aryl methyl sites for hydroxylation is 1. The van der Waals surface area contributed by atoms with E-state index in [1.165, 1.54) is 0 Å². The van der Waals surface area contributed by atoms with Gasteiger partial charge in [0, 0.05) is 12.7 Å². The van der Waals surface area contributed by atoms with Crippen molar-refractivity contribution in [2.24, 2.45) is 0 Å². The molecule has 0 unspecified atom stereocenters. The van der Waals surface area contributed by atoms with E-state index in [2.05, 4.69) is 39.6 Å². The van der Waals surface area contributed by atoms with Gasteiger partial charge >= 0.3 is 0 Å². The number of nitrogens with zero attached hydrogens (tertiary/aromatic N) is 2. The van der Waals surface area contributed by atoms with E-state index in [0.717, 1.165) is 22.5 Å². The van der Waals surface area contributed by atoms with Crippen molar-refractivity contribution in [1.29, 1.82) is 0 Å². The van der Waals surface area contributed by atoms with Crippen molar-refractivity contribution in [1.82, 2.24) is 9.97 Å². The number of benzene rings is 1. The Labute approximate surface area is 88.6 Å². The van der Waals surface area contributed by atoms with Gasteiger partial charge in [0.1, 0.15) is 5.82 Å². The van der Waals surface area contributed by atoms with Crippen LogP contribution in [0.25, 0.3) is 11.0 Å². The highest BCUT2D eigenvalue weighted by atomic mass is 32.1. The molecule has 14 heavy (non-hydrogen) atoms. The van der Waals surface area contributed by atoms with Gasteiger partial charge in [0.25, 0.3) is 0 Å². The third kappa shape index (κ3) is 1.57. The number of nitrogens with one attached hydrogen (secondary N) is 1. The Morgan fingerprint density at radius 1 is 1.50 bits per heavy atom. The zero-order valence-corrected chi connectivity index (χ0v) is 9.18. The van der Waals surface area contributed by atoms with Crippen LogP contribution in [0.1, 0.15) is 5.82 Å². The lowest BCUT2D eigenvalue weighted by molar-refractivity contribution is 1.10. The van der Waals surface area contributed by atoms with Gasteiger partial charge in [-0.3, -0.25) is 0 Å². The van der Waals surface area contributed by atoms with Gasteiger partial charge in [0.15, 0.2) is 0 Å².